The molecule has 5 nitrogen and oxygen atoms in total. The lowest BCUT2D eigenvalue weighted by molar-refractivity contribution is -0.149. The summed E-state index contributed by atoms with van der Waals surface area (Å²) in [6.07, 6.45) is 4.78. The number of hydrogen-bond acceptors (Lipinski definition) is 3. The van der Waals surface area contributed by atoms with Gasteiger partial charge in [0.15, 0.2) is 5.96 Å². The first-order valence-corrected chi connectivity index (χ1v) is 9.90. The van der Waals surface area contributed by atoms with Crippen molar-refractivity contribution in [2.75, 3.05) is 13.7 Å². The Hall–Kier alpha value is -1.75. The van der Waals surface area contributed by atoms with E-state index in [1.54, 1.807) is 7.05 Å². The third kappa shape index (κ3) is 4.91. The second-order valence-corrected chi connectivity index (χ2v) is 7.60. The lowest BCUT2D eigenvalue weighted by atomic mass is 9.86. The molecule has 6 heteroatoms. The average molecular weight is 378 g/mol. The van der Waals surface area contributed by atoms with E-state index in [9.17, 15) is 4.79 Å². The lowest BCUT2D eigenvalue weighted by Crippen LogP contribution is -2.46. The molecule has 2 aliphatic carbocycles. The van der Waals surface area contributed by atoms with Gasteiger partial charge in [-0.3, -0.25) is 9.79 Å². The summed E-state index contributed by atoms with van der Waals surface area (Å²) in [6.45, 7) is 2.32. The van der Waals surface area contributed by atoms with Gasteiger partial charge in [0.25, 0.3) is 0 Å². The standard InChI is InChI=1S/C20H28ClN3O2/c1-3-26-19(25)13-7-9-16(10-8-13)23-20(22-2)24-18-12-17(18)14-5-4-6-15(21)11-14/h4-6,11,13,16-18H,3,7-10,12H2,1-2H3,(H2,22,23,24). The number of carbonyl (C=O) groups excluding carboxylic acids is 1. The van der Waals surface area contributed by atoms with Gasteiger partial charge in [-0.15, -0.1) is 0 Å². The quantitative estimate of drug-likeness (QED) is 0.468. The topological polar surface area (TPSA) is 62.7 Å². The molecular weight excluding hydrogens is 350 g/mol. The Morgan fingerprint density at radius 1 is 1.27 bits per heavy atom. The number of rotatable bonds is 5. The van der Waals surface area contributed by atoms with Gasteiger partial charge in [0.2, 0.25) is 0 Å². The molecule has 0 aromatic heterocycles. The summed E-state index contributed by atoms with van der Waals surface area (Å²) in [5.74, 6) is 1.35. The molecule has 142 valence electrons. The molecule has 1 aromatic rings. The van der Waals surface area contributed by atoms with Gasteiger partial charge in [-0.25, -0.2) is 0 Å². The zero-order valence-corrected chi connectivity index (χ0v) is 16.3. The van der Waals surface area contributed by atoms with Gasteiger partial charge in [-0.2, -0.15) is 0 Å². The Balaban J connectivity index is 1.44. The third-order valence-corrected chi connectivity index (χ3v) is 5.54. The van der Waals surface area contributed by atoms with E-state index in [1.165, 1.54) is 5.56 Å². The molecule has 0 spiro atoms. The SMILES string of the molecule is CCOC(=O)C1CCC(NC(=NC)NC2CC2c2cccc(Cl)c2)CC1. The molecule has 0 heterocycles. The Morgan fingerprint density at radius 3 is 2.69 bits per heavy atom. The van der Waals surface area contributed by atoms with E-state index < -0.39 is 0 Å². The summed E-state index contributed by atoms with van der Waals surface area (Å²) in [4.78, 5) is 16.2. The molecule has 0 radical (unpaired) electrons. The fraction of sp³-hybridized carbons (Fsp3) is 0.600. The third-order valence-electron chi connectivity index (χ3n) is 5.30. The van der Waals surface area contributed by atoms with Gasteiger partial charge >= 0.3 is 5.97 Å². The second kappa shape index (κ2) is 8.76. The molecule has 3 rings (SSSR count). The maximum absolute atomic E-state index is 11.8. The van der Waals surface area contributed by atoms with Crippen molar-refractivity contribution >= 4 is 23.5 Å². The van der Waals surface area contributed by atoms with Gasteiger partial charge in [0.1, 0.15) is 0 Å². The van der Waals surface area contributed by atoms with E-state index in [0.717, 1.165) is 43.1 Å². The zero-order valence-electron chi connectivity index (χ0n) is 15.5. The van der Waals surface area contributed by atoms with Crippen LogP contribution < -0.4 is 10.6 Å². The number of guanidine groups is 1. The molecule has 0 amide bonds. The molecule has 2 aliphatic rings. The monoisotopic (exact) mass is 377 g/mol. The van der Waals surface area contributed by atoms with Crippen LogP contribution in [0.3, 0.4) is 0 Å². The molecule has 26 heavy (non-hydrogen) atoms. The van der Waals surface area contributed by atoms with Crippen LogP contribution in [0.25, 0.3) is 0 Å². The molecule has 2 fully saturated rings. The first-order chi connectivity index (χ1) is 12.6. The van der Waals surface area contributed by atoms with Crippen LogP contribution >= 0.6 is 11.6 Å². The Labute approximate surface area is 160 Å². The summed E-state index contributed by atoms with van der Waals surface area (Å²) in [5.41, 5.74) is 1.28. The van der Waals surface area contributed by atoms with Crippen LogP contribution in [0.4, 0.5) is 0 Å². The van der Waals surface area contributed by atoms with Crippen LogP contribution in [-0.4, -0.2) is 37.7 Å². The van der Waals surface area contributed by atoms with Gasteiger partial charge in [0.05, 0.1) is 12.5 Å². The van der Waals surface area contributed by atoms with Gasteiger partial charge in [-0.1, -0.05) is 23.7 Å². The van der Waals surface area contributed by atoms with Crippen molar-refractivity contribution in [2.24, 2.45) is 10.9 Å². The lowest BCUT2D eigenvalue weighted by Gasteiger charge is -2.29. The number of benzene rings is 1. The number of halogens is 1. The fourth-order valence-electron chi connectivity index (χ4n) is 3.73. The van der Waals surface area contributed by atoms with Crippen molar-refractivity contribution in [1.82, 2.24) is 10.6 Å². The highest BCUT2D eigenvalue weighted by molar-refractivity contribution is 6.30. The number of nitrogens with zero attached hydrogens (tertiary/aromatic N) is 1. The Kier molecular flexibility index (Phi) is 6.41. The number of hydrogen-bond donors (Lipinski definition) is 2. The second-order valence-electron chi connectivity index (χ2n) is 7.17. The van der Waals surface area contributed by atoms with Crippen LogP contribution in [0.5, 0.6) is 0 Å². The molecule has 1 aromatic carbocycles. The predicted molar refractivity (Wildman–Crippen MR) is 105 cm³/mol. The van der Waals surface area contributed by atoms with E-state index in [1.807, 2.05) is 25.1 Å². The minimum atomic E-state index is -0.0456. The maximum atomic E-state index is 11.8. The Bertz CT molecular complexity index is 656. The largest absolute Gasteiger partial charge is 0.466 e. The smallest absolute Gasteiger partial charge is 0.308 e. The maximum Gasteiger partial charge on any atom is 0.308 e. The number of nitrogens with one attached hydrogen (secondary N) is 2. The minimum absolute atomic E-state index is 0.0456. The van der Waals surface area contributed by atoms with E-state index in [4.69, 9.17) is 16.3 Å². The summed E-state index contributed by atoms with van der Waals surface area (Å²) in [7, 11) is 1.80. The van der Waals surface area contributed by atoms with Crippen molar-refractivity contribution in [3.05, 3.63) is 34.9 Å². The first-order valence-electron chi connectivity index (χ1n) is 9.52. The van der Waals surface area contributed by atoms with Crippen molar-refractivity contribution < 1.29 is 9.53 Å². The fourth-order valence-corrected chi connectivity index (χ4v) is 3.93. The molecule has 2 saturated carbocycles. The Morgan fingerprint density at radius 2 is 2.04 bits per heavy atom. The number of carbonyl (C=O) groups is 1. The van der Waals surface area contributed by atoms with Gasteiger partial charge in [0, 0.05) is 30.1 Å². The van der Waals surface area contributed by atoms with E-state index >= 15 is 0 Å². The molecule has 2 N–H and O–H groups in total. The molecule has 2 atom stereocenters. The van der Waals surface area contributed by atoms with Crippen molar-refractivity contribution in [1.29, 1.82) is 0 Å². The van der Waals surface area contributed by atoms with Crippen molar-refractivity contribution in [3.8, 4) is 0 Å². The van der Waals surface area contributed by atoms with E-state index in [2.05, 4.69) is 21.7 Å². The summed E-state index contributed by atoms with van der Waals surface area (Å²) >= 11 is 6.09. The highest BCUT2D eigenvalue weighted by Crippen LogP contribution is 2.41. The van der Waals surface area contributed by atoms with Crippen LogP contribution in [0.2, 0.25) is 5.02 Å². The zero-order chi connectivity index (χ0) is 18.5. The number of aliphatic imine (C=N–C) groups is 1. The van der Waals surface area contributed by atoms with Crippen LogP contribution in [-0.2, 0) is 9.53 Å². The van der Waals surface area contributed by atoms with E-state index in [-0.39, 0.29) is 11.9 Å². The molecule has 2 unspecified atom stereocenters. The van der Waals surface area contributed by atoms with E-state index in [0.29, 0.717) is 24.6 Å². The summed E-state index contributed by atoms with van der Waals surface area (Å²) < 4.78 is 5.14. The molecule has 0 aliphatic heterocycles. The van der Waals surface area contributed by atoms with Gasteiger partial charge in [-0.05, 0) is 56.7 Å². The molecular formula is C20H28ClN3O2. The molecule has 0 bridgehead atoms. The van der Waals surface area contributed by atoms with Gasteiger partial charge < -0.3 is 15.4 Å². The summed E-state index contributed by atoms with van der Waals surface area (Å²) in [5, 5.41) is 7.81. The normalized spacial score (nSPS) is 28.3. The van der Waals surface area contributed by atoms with Crippen molar-refractivity contribution in [2.45, 2.75) is 57.0 Å². The first kappa shape index (κ1) is 19.0. The van der Waals surface area contributed by atoms with Crippen LogP contribution in [0.1, 0.15) is 50.5 Å². The number of esters is 1. The summed E-state index contributed by atoms with van der Waals surface area (Å²) in [6, 6.07) is 8.84. The predicted octanol–water partition coefficient (Wildman–Crippen LogP) is 3.48. The highest BCUT2D eigenvalue weighted by atomic mass is 35.5. The minimum Gasteiger partial charge on any atom is -0.466 e. The van der Waals surface area contributed by atoms with Crippen LogP contribution in [0.15, 0.2) is 29.3 Å². The highest BCUT2D eigenvalue weighted by Gasteiger charge is 2.39. The average Bonchev–Trinajstić information content (AvgIpc) is 3.41. The molecule has 0 saturated heterocycles. The van der Waals surface area contributed by atoms with Crippen molar-refractivity contribution in [3.63, 3.8) is 0 Å². The van der Waals surface area contributed by atoms with Crippen LogP contribution in [0, 0.1) is 5.92 Å². The number of ether oxygens (including phenoxy) is 1.